The molecule has 11 heavy (non-hydrogen) atoms. The second-order valence-corrected chi connectivity index (χ2v) is 3.05. The zero-order valence-corrected chi connectivity index (χ0v) is 6.88. The Labute approximate surface area is 71.6 Å². The van der Waals surface area contributed by atoms with Crippen molar-refractivity contribution in [2.24, 2.45) is 0 Å². The average molecular weight is 160 g/mol. The van der Waals surface area contributed by atoms with Crippen molar-refractivity contribution in [2.45, 2.75) is 4.90 Å². The third kappa shape index (κ3) is 1.24. The maximum Gasteiger partial charge on any atom is 0.00523 e. The first-order valence-electron chi connectivity index (χ1n) is 3.54. The first-order valence-corrected chi connectivity index (χ1v) is 3.99. The molecule has 0 heterocycles. The first-order chi connectivity index (χ1) is 5.36. The molecule has 0 fully saturated rings. The third-order valence-electron chi connectivity index (χ3n) is 1.71. The van der Waals surface area contributed by atoms with E-state index < -0.39 is 0 Å². The van der Waals surface area contributed by atoms with Gasteiger partial charge in [0.25, 0.3) is 0 Å². The zero-order chi connectivity index (χ0) is 7.68. The number of thiol groups is 1. The molecule has 0 bridgehead atoms. The molecule has 2 aliphatic carbocycles. The summed E-state index contributed by atoms with van der Waals surface area (Å²) in [6.07, 6.45) is 0. The standard InChI is InChI=1S/C10H8S/c11-10-6-8-4-2-1-3-5-9(8)7-10/h1-7,11H. The van der Waals surface area contributed by atoms with Crippen LogP contribution in [0.15, 0.2) is 47.4 Å². The minimum absolute atomic E-state index is 1.03. The summed E-state index contributed by atoms with van der Waals surface area (Å²) >= 11 is 4.27. The molecule has 0 saturated carbocycles. The molecule has 0 saturated heterocycles. The molecule has 54 valence electrons. The van der Waals surface area contributed by atoms with Gasteiger partial charge in [-0.15, -0.1) is 12.6 Å². The van der Waals surface area contributed by atoms with Crippen LogP contribution >= 0.6 is 12.6 Å². The number of hydrogen-bond acceptors (Lipinski definition) is 1. The lowest BCUT2D eigenvalue weighted by molar-refractivity contribution is 1.61. The molecule has 0 atom stereocenters. The molecular weight excluding hydrogens is 152 g/mol. The van der Waals surface area contributed by atoms with E-state index in [2.05, 4.69) is 36.9 Å². The van der Waals surface area contributed by atoms with Gasteiger partial charge in [0.2, 0.25) is 0 Å². The molecule has 0 aromatic heterocycles. The fourth-order valence-corrected chi connectivity index (χ4v) is 1.48. The lowest BCUT2D eigenvalue weighted by Gasteiger charge is -1.85. The Bertz CT molecular complexity index is 310. The number of fused-ring (bicyclic) bond motifs is 1. The highest BCUT2D eigenvalue weighted by molar-refractivity contribution is 7.80. The summed E-state index contributed by atoms with van der Waals surface area (Å²) in [7, 11) is 0. The van der Waals surface area contributed by atoms with Crippen LogP contribution < -0.4 is 0 Å². The van der Waals surface area contributed by atoms with Crippen molar-refractivity contribution in [1.82, 2.24) is 0 Å². The molecule has 2 rings (SSSR count). The van der Waals surface area contributed by atoms with E-state index in [4.69, 9.17) is 0 Å². The highest BCUT2D eigenvalue weighted by Crippen LogP contribution is 2.26. The Balaban J connectivity index is 2.73. The van der Waals surface area contributed by atoms with Crippen LogP contribution in [-0.4, -0.2) is 0 Å². The fraction of sp³-hybridized carbons (Fsp3) is 0. The van der Waals surface area contributed by atoms with Gasteiger partial charge in [-0.25, -0.2) is 0 Å². The highest BCUT2D eigenvalue weighted by atomic mass is 32.1. The quantitative estimate of drug-likeness (QED) is 0.562. The topological polar surface area (TPSA) is 0 Å². The molecule has 0 radical (unpaired) electrons. The minimum atomic E-state index is 1.03. The van der Waals surface area contributed by atoms with Gasteiger partial charge in [0, 0.05) is 4.90 Å². The maximum atomic E-state index is 4.27. The summed E-state index contributed by atoms with van der Waals surface area (Å²) in [6, 6.07) is 14.4. The molecule has 0 N–H and O–H groups in total. The monoisotopic (exact) mass is 160 g/mol. The van der Waals surface area contributed by atoms with Crippen molar-refractivity contribution in [3.8, 4) is 11.1 Å². The largest absolute Gasteiger partial charge is 0.143 e. The summed E-state index contributed by atoms with van der Waals surface area (Å²) in [5.74, 6) is 0. The molecule has 0 spiro atoms. The summed E-state index contributed by atoms with van der Waals surface area (Å²) in [5.41, 5.74) is 2.50. The van der Waals surface area contributed by atoms with E-state index in [1.54, 1.807) is 0 Å². The van der Waals surface area contributed by atoms with Crippen molar-refractivity contribution in [3.63, 3.8) is 0 Å². The molecule has 0 aliphatic heterocycles. The van der Waals surface area contributed by atoms with Crippen LogP contribution in [0.3, 0.4) is 0 Å². The average Bonchev–Trinajstić information content (AvgIpc) is 2.17. The Morgan fingerprint density at radius 1 is 0.818 bits per heavy atom. The van der Waals surface area contributed by atoms with Crippen molar-refractivity contribution in [1.29, 1.82) is 0 Å². The summed E-state index contributed by atoms with van der Waals surface area (Å²) in [4.78, 5) is 1.03. The maximum absolute atomic E-state index is 4.27. The van der Waals surface area contributed by atoms with Crippen molar-refractivity contribution in [2.75, 3.05) is 0 Å². The summed E-state index contributed by atoms with van der Waals surface area (Å²) in [5, 5.41) is 0. The van der Waals surface area contributed by atoms with Crippen LogP contribution in [-0.2, 0) is 0 Å². The molecule has 0 aromatic rings. The highest BCUT2D eigenvalue weighted by Gasteiger charge is 1.99. The number of rotatable bonds is 0. The van der Waals surface area contributed by atoms with Gasteiger partial charge in [-0.1, -0.05) is 30.3 Å². The van der Waals surface area contributed by atoms with Gasteiger partial charge in [-0.2, -0.15) is 0 Å². The fourth-order valence-electron chi connectivity index (χ4n) is 1.20. The SMILES string of the molecule is Sc1cc2cccccc-2c1. The molecule has 1 heteroatoms. The molecular formula is C10H8S. The first kappa shape index (κ1) is 6.74. The van der Waals surface area contributed by atoms with E-state index in [-0.39, 0.29) is 0 Å². The van der Waals surface area contributed by atoms with Crippen LogP contribution in [0.25, 0.3) is 11.1 Å². The minimum Gasteiger partial charge on any atom is -0.143 e. The Kier molecular flexibility index (Phi) is 1.59. The van der Waals surface area contributed by atoms with E-state index in [1.165, 1.54) is 11.1 Å². The van der Waals surface area contributed by atoms with E-state index in [0.29, 0.717) is 0 Å². The van der Waals surface area contributed by atoms with Gasteiger partial charge in [-0.05, 0) is 23.3 Å². The Morgan fingerprint density at radius 2 is 1.36 bits per heavy atom. The van der Waals surface area contributed by atoms with Crippen LogP contribution in [0.2, 0.25) is 0 Å². The van der Waals surface area contributed by atoms with E-state index in [9.17, 15) is 0 Å². The zero-order valence-electron chi connectivity index (χ0n) is 5.99. The van der Waals surface area contributed by atoms with Crippen molar-refractivity contribution in [3.05, 3.63) is 42.5 Å². The van der Waals surface area contributed by atoms with Gasteiger partial charge in [-0.3, -0.25) is 0 Å². The van der Waals surface area contributed by atoms with E-state index in [1.807, 2.05) is 18.2 Å². The lowest BCUT2D eigenvalue weighted by Crippen LogP contribution is -1.59. The smallest absolute Gasteiger partial charge is 0.00523 e. The summed E-state index contributed by atoms with van der Waals surface area (Å²) in [6.45, 7) is 0. The molecule has 0 amide bonds. The normalized spacial score (nSPS) is 10.3. The molecule has 0 unspecified atom stereocenters. The molecule has 0 aromatic carbocycles. The van der Waals surface area contributed by atoms with Crippen LogP contribution in [0, 0.1) is 0 Å². The van der Waals surface area contributed by atoms with Crippen molar-refractivity contribution >= 4 is 12.6 Å². The Hall–Kier alpha value is -0.950. The third-order valence-corrected chi connectivity index (χ3v) is 1.97. The Morgan fingerprint density at radius 3 is 1.91 bits per heavy atom. The van der Waals surface area contributed by atoms with Gasteiger partial charge in [0.15, 0.2) is 0 Å². The van der Waals surface area contributed by atoms with Crippen molar-refractivity contribution < 1.29 is 0 Å². The van der Waals surface area contributed by atoms with Crippen LogP contribution in [0.5, 0.6) is 0 Å². The lowest BCUT2D eigenvalue weighted by atomic mass is 10.2. The predicted molar refractivity (Wildman–Crippen MR) is 50.3 cm³/mol. The van der Waals surface area contributed by atoms with Gasteiger partial charge in [0.05, 0.1) is 0 Å². The molecule has 2 aliphatic rings. The second kappa shape index (κ2) is 2.59. The van der Waals surface area contributed by atoms with Gasteiger partial charge in [0.1, 0.15) is 0 Å². The predicted octanol–water partition coefficient (Wildman–Crippen LogP) is 3.08. The van der Waals surface area contributed by atoms with Gasteiger partial charge >= 0.3 is 0 Å². The second-order valence-electron chi connectivity index (χ2n) is 2.53. The van der Waals surface area contributed by atoms with Crippen LogP contribution in [0.4, 0.5) is 0 Å². The van der Waals surface area contributed by atoms with Crippen LogP contribution in [0.1, 0.15) is 0 Å². The number of hydrogen-bond donors (Lipinski definition) is 1. The van der Waals surface area contributed by atoms with E-state index in [0.717, 1.165) is 4.90 Å². The summed E-state index contributed by atoms with van der Waals surface area (Å²) < 4.78 is 0. The molecule has 0 nitrogen and oxygen atoms in total. The van der Waals surface area contributed by atoms with Gasteiger partial charge < -0.3 is 0 Å². The van der Waals surface area contributed by atoms with E-state index >= 15 is 0 Å².